The van der Waals surface area contributed by atoms with Gasteiger partial charge in [-0.05, 0) is 30.5 Å². The third-order valence-corrected chi connectivity index (χ3v) is 5.01. The summed E-state index contributed by atoms with van der Waals surface area (Å²) in [6, 6.07) is 7.96. The number of nitrogens with zero attached hydrogens (tertiary/aromatic N) is 4. The fourth-order valence-electron chi connectivity index (χ4n) is 2.69. The molecule has 10 heteroatoms. The Morgan fingerprint density at radius 2 is 2.14 bits per heavy atom. The van der Waals surface area contributed by atoms with Crippen LogP contribution >= 0.6 is 11.8 Å². The van der Waals surface area contributed by atoms with Crippen molar-refractivity contribution < 1.29 is 14.1 Å². The normalized spacial score (nSPS) is 11.0. The van der Waals surface area contributed by atoms with E-state index >= 15 is 0 Å². The molecule has 0 aliphatic rings. The van der Waals surface area contributed by atoms with Crippen molar-refractivity contribution in [2.75, 3.05) is 11.1 Å². The molecule has 29 heavy (non-hydrogen) atoms. The number of non-ortho nitro benzene ring substituents is 1. The molecular formula is C19H21N5O4S. The Balaban J connectivity index is 1.72. The average Bonchev–Trinajstić information content (AvgIpc) is 3.31. The molecule has 9 nitrogen and oxygen atoms in total. The third-order valence-electron chi connectivity index (χ3n) is 4.04. The van der Waals surface area contributed by atoms with E-state index in [9.17, 15) is 14.9 Å². The lowest BCUT2D eigenvalue weighted by Gasteiger charge is -2.12. The lowest BCUT2D eigenvalue weighted by atomic mass is 10.2. The molecule has 1 aromatic carbocycles. The lowest BCUT2D eigenvalue weighted by molar-refractivity contribution is -0.384. The molecule has 0 fully saturated rings. The fourth-order valence-corrected chi connectivity index (χ4v) is 3.44. The highest BCUT2D eigenvalue weighted by Gasteiger charge is 2.18. The van der Waals surface area contributed by atoms with Crippen molar-refractivity contribution in [3.63, 3.8) is 0 Å². The SMILES string of the molecule is Cc1ccc([N+](=O)[O-])cc1NC(=O)CSc1nnc(-c2ccco2)n1CC(C)C. The van der Waals surface area contributed by atoms with E-state index in [1.54, 1.807) is 25.3 Å². The number of nitrogens with one attached hydrogen (secondary N) is 1. The van der Waals surface area contributed by atoms with Gasteiger partial charge in [-0.15, -0.1) is 10.2 Å². The van der Waals surface area contributed by atoms with E-state index in [2.05, 4.69) is 29.4 Å². The summed E-state index contributed by atoms with van der Waals surface area (Å²) in [7, 11) is 0. The van der Waals surface area contributed by atoms with E-state index in [0.29, 0.717) is 34.9 Å². The van der Waals surface area contributed by atoms with Crippen LogP contribution < -0.4 is 5.32 Å². The van der Waals surface area contributed by atoms with Crippen LogP contribution in [-0.2, 0) is 11.3 Å². The van der Waals surface area contributed by atoms with Gasteiger partial charge < -0.3 is 9.73 Å². The number of carbonyl (C=O) groups is 1. The van der Waals surface area contributed by atoms with Crippen LogP contribution in [0.4, 0.5) is 11.4 Å². The van der Waals surface area contributed by atoms with Crippen molar-refractivity contribution in [3.05, 3.63) is 52.3 Å². The predicted molar refractivity (Wildman–Crippen MR) is 110 cm³/mol. The number of thioether (sulfide) groups is 1. The molecule has 2 heterocycles. The van der Waals surface area contributed by atoms with Crippen LogP contribution in [0.2, 0.25) is 0 Å². The first-order valence-corrected chi connectivity index (χ1v) is 9.98. The van der Waals surface area contributed by atoms with Crippen molar-refractivity contribution >= 4 is 29.0 Å². The van der Waals surface area contributed by atoms with Crippen LogP contribution in [0.1, 0.15) is 19.4 Å². The van der Waals surface area contributed by atoms with Gasteiger partial charge in [0.15, 0.2) is 16.7 Å². The summed E-state index contributed by atoms with van der Waals surface area (Å²) in [5, 5.41) is 22.7. The molecule has 1 N–H and O–H groups in total. The number of carbonyl (C=O) groups excluding carboxylic acids is 1. The molecule has 0 saturated heterocycles. The van der Waals surface area contributed by atoms with E-state index < -0.39 is 4.92 Å². The van der Waals surface area contributed by atoms with Crippen molar-refractivity contribution in [2.45, 2.75) is 32.5 Å². The molecular weight excluding hydrogens is 394 g/mol. The number of hydrogen-bond acceptors (Lipinski definition) is 7. The minimum absolute atomic E-state index is 0.0710. The molecule has 0 unspecified atom stereocenters. The first-order valence-electron chi connectivity index (χ1n) is 9.00. The Labute approximate surface area is 171 Å². The number of anilines is 1. The van der Waals surface area contributed by atoms with Gasteiger partial charge in [0.2, 0.25) is 5.91 Å². The van der Waals surface area contributed by atoms with Crippen LogP contribution in [0.5, 0.6) is 0 Å². The smallest absolute Gasteiger partial charge is 0.271 e. The lowest BCUT2D eigenvalue weighted by Crippen LogP contribution is -2.16. The number of furan rings is 1. The highest BCUT2D eigenvalue weighted by atomic mass is 32.2. The van der Waals surface area contributed by atoms with E-state index in [1.165, 1.54) is 23.9 Å². The number of benzene rings is 1. The van der Waals surface area contributed by atoms with E-state index in [4.69, 9.17) is 4.42 Å². The van der Waals surface area contributed by atoms with Crippen molar-refractivity contribution in [1.29, 1.82) is 0 Å². The Hall–Kier alpha value is -3.14. The zero-order chi connectivity index (χ0) is 21.0. The summed E-state index contributed by atoms with van der Waals surface area (Å²) in [6.07, 6.45) is 1.57. The zero-order valence-corrected chi connectivity index (χ0v) is 17.1. The van der Waals surface area contributed by atoms with Crippen LogP contribution in [-0.4, -0.2) is 31.3 Å². The Morgan fingerprint density at radius 1 is 1.34 bits per heavy atom. The van der Waals surface area contributed by atoms with Crippen molar-refractivity contribution in [1.82, 2.24) is 14.8 Å². The van der Waals surface area contributed by atoms with E-state index in [-0.39, 0.29) is 17.3 Å². The Bertz CT molecular complexity index is 1010. The summed E-state index contributed by atoms with van der Waals surface area (Å²) in [5.74, 6) is 1.39. The quantitative estimate of drug-likeness (QED) is 0.334. The molecule has 2 aromatic heterocycles. The number of nitro groups is 1. The van der Waals surface area contributed by atoms with Crippen molar-refractivity contribution in [3.8, 4) is 11.6 Å². The van der Waals surface area contributed by atoms with E-state index in [1.807, 2.05) is 10.6 Å². The van der Waals surface area contributed by atoms with Gasteiger partial charge in [-0.1, -0.05) is 31.7 Å². The van der Waals surface area contributed by atoms with Gasteiger partial charge in [0.1, 0.15) is 0 Å². The van der Waals surface area contributed by atoms with Crippen LogP contribution in [0.15, 0.2) is 46.2 Å². The molecule has 0 aliphatic heterocycles. The highest BCUT2D eigenvalue weighted by Crippen LogP contribution is 2.26. The number of rotatable bonds is 8. The molecule has 0 bridgehead atoms. The van der Waals surface area contributed by atoms with Gasteiger partial charge in [-0.3, -0.25) is 19.5 Å². The second-order valence-electron chi connectivity index (χ2n) is 6.88. The summed E-state index contributed by atoms with van der Waals surface area (Å²) in [6.45, 7) is 6.62. The maximum absolute atomic E-state index is 12.4. The molecule has 0 saturated carbocycles. The molecule has 3 aromatic rings. The predicted octanol–water partition coefficient (Wildman–Crippen LogP) is 4.14. The molecule has 1 amide bonds. The molecule has 0 atom stereocenters. The number of nitro benzene ring substituents is 1. The number of aromatic nitrogens is 3. The molecule has 152 valence electrons. The minimum atomic E-state index is -0.492. The second-order valence-corrected chi connectivity index (χ2v) is 7.82. The zero-order valence-electron chi connectivity index (χ0n) is 16.3. The molecule has 0 aliphatic carbocycles. The van der Waals surface area contributed by atoms with Gasteiger partial charge in [0.25, 0.3) is 5.69 Å². The molecule has 3 rings (SSSR count). The number of amides is 1. The third kappa shape index (κ3) is 5.02. The van der Waals surface area contributed by atoms with Gasteiger partial charge in [-0.25, -0.2) is 0 Å². The average molecular weight is 415 g/mol. The maximum Gasteiger partial charge on any atom is 0.271 e. The number of aryl methyl sites for hydroxylation is 1. The Kier molecular flexibility index (Phi) is 6.32. The number of hydrogen-bond donors (Lipinski definition) is 1. The first-order chi connectivity index (χ1) is 13.8. The molecule has 0 radical (unpaired) electrons. The van der Waals surface area contributed by atoms with Crippen LogP contribution in [0, 0.1) is 23.0 Å². The largest absolute Gasteiger partial charge is 0.461 e. The van der Waals surface area contributed by atoms with Crippen molar-refractivity contribution in [2.24, 2.45) is 5.92 Å². The summed E-state index contributed by atoms with van der Waals surface area (Å²) >= 11 is 1.25. The van der Waals surface area contributed by atoms with Gasteiger partial charge in [0.05, 0.1) is 22.6 Å². The summed E-state index contributed by atoms with van der Waals surface area (Å²) in [5.41, 5.74) is 1.10. The first kappa shape index (κ1) is 20.6. The minimum Gasteiger partial charge on any atom is -0.461 e. The summed E-state index contributed by atoms with van der Waals surface area (Å²) < 4.78 is 7.37. The fraction of sp³-hybridized carbons (Fsp3) is 0.316. The standard InChI is InChI=1S/C19H21N5O4S/c1-12(2)10-23-18(16-5-4-8-28-16)21-22-19(23)29-11-17(25)20-15-9-14(24(26)27)7-6-13(15)3/h4-9,12H,10-11H2,1-3H3,(H,20,25). The molecule has 0 spiro atoms. The Morgan fingerprint density at radius 3 is 2.79 bits per heavy atom. The topological polar surface area (TPSA) is 116 Å². The van der Waals surface area contributed by atoms with Gasteiger partial charge in [0, 0.05) is 18.7 Å². The van der Waals surface area contributed by atoms with Crippen LogP contribution in [0.25, 0.3) is 11.6 Å². The monoisotopic (exact) mass is 415 g/mol. The van der Waals surface area contributed by atoms with Crippen LogP contribution in [0.3, 0.4) is 0 Å². The van der Waals surface area contributed by atoms with E-state index in [0.717, 1.165) is 5.56 Å². The summed E-state index contributed by atoms with van der Waals surface area (Å²) in [4.78, 5) is 22.9. The van der Waals surface area contributed by atoms with Gasteiger partial charge in [-0.2, -0.15) is 0 Å². The van der Waals surface area contributed by atoms with Gasteiger partial charge >= 0.3 is 0 Å². The maximum atomic E-state index is 12.4. The highest BCUT2D eigenvalue weighted by molar-refractivity contribution is 7.99. The second kappa shape index (κ2) is 8.91.